The van der Waals surface area contributed by atoms with Gasteiger partial charge in [-0.05, 0) is 18.6 Å². The van der Waals surface area contributed by atoms with Gasteiger partial charge in [0, 0.05) is 6.61 Å². The van der Waals surface area contributed by atoms with Crippen LogP contribution < -0.4 is 5.32 Å². The molecule has 0 heterocycles. The second kappa shape index (κ2) is 18.5. The second-order valence-electron chi connectivity index (χ2n) is 5.74. The number of ether oxygens (including phenoxy) is 2. The van der Waals surface area contributed by atoms with Gasteiger partial charge in [-0.25, -0.2) is 0 Å². The molecule has 7 heteroatoms. The monoisotopic (exact) mass is 363 g/mol. The summed E-state index contributed by atoms with van der Waals surface area (Å²) in [6.07, 6.45) is 11.3. The highest BCUT2D eigenvalue weighted by Gasteiger charge is 2.03. The number of nitrogens with one attached hydrogen (secondary N) is 1. The van der Waals surface area contributed by atoms with Crippen molar-refractivity contribution >= 4 is 24.5 Å². The van der Waals surface area contributed by atoms with E-state index in [1.54, 1.807) is 0 Å². The normalized spacial score (nSPS) is 10.7. The van der Waals surface area contributed by atoms with Crippen molar-refractivity contribution in [2.75, 3.05) is 38.7 Å². The molecule has 0 radical (unpaired) electrons. The molecule has 0 aliphatic heterocycles. The third-order valence-corrected chi connectivity index (χ3v) is 3.80. The number of unbranched alkanes of at least 4 members (excludes halogenated alkanes) is 8. The lowest BCUT2D eigenvalue weighted by atomic mass is 10.1. The first-order valence-corrected chi connectivity index (χ1v) is 9.55. The van der Waals surface area contributed by atoms with E-state index < -0.39 is 11.9 Å². The van der Waals surface area contributed by atoms with E-state index in [9.17, 15) is 9.59 Å². The van der Waals surface area contributed by atoms with Gasteiger partial charge in [0.05, 0.1) is 13.2 Å². The fourth-order valence-corrected chi connectivity index (χ4v) is 2.39. The summed E-state index contributed by atoms with van der Waals surface area (Å²) >= 11 is 4.21. The van der Waals surface area contributed by atoms with Crippen LogP contribution in [-0.2, 0) is 19.1 Å². The number of thiol groups is 1. The lowest BCUT2D eigenvalue weighted by molar-refractivity contribution is -0.138. The minimum absolute atomic E-state index is 0.134. The van der Waals surface area contributed by atoms with Crippen molar-refractivity contribution in [2.45, 2.75) is 57.8 Å². The quantitative estimate of drug-likeness (QED) is 0.257. The Morgan fingerprint density at radius 2 is 1.33 bits per heavy atom. The fraction of sp³-hybridized carbons (Fsp3) is 0.882. The number of rotatable bonds is 18. The van der Waals surface area contributed by atoms with Gasteiger partial charge < -0.3 is 19.9 Å². The van der Waals surface area contributed by atoms with E-state index in [1.165, 1.54) is 51.4 Å². The van der Waals surface area contributed by atoms with Crippen LogP contribution >= 0.6 is 12.6 Å². The molecule has 0 aliphatic rings. The molecule has 0 aromatic rings. The molecule has 6 nitrogen and oxygen atoms in total. The van der Waals surface area contributed by atoms with E-state index in [4.69, 9.17) is 14.6 Å². The van der Waals surface area contributed by atoms with Gasteiger partial charge in [-0.3, -0.25) is 9.59 Å². The molecule has 0 atom stereocenters. The summed E-state index contributed by atoms with van der Waals surface area (Å²) in [5, 5.41) is 10.6. The largest absolute Gasteiger partial charge is 0.480 e. The summed E-state index contributed by atoms with van der Waals surface area (Å²) in [6, 6.07) is 0. The molecule has 1 amide bonds. The van der Waals surface area contributed by atoms with Crippen molar-refractivity contribution in [1.29, 1.82) is 0 Å². The van der Waals surface area contributed by atoms with Gasteiger partial charge in [0.1, 0.15) is 13.2 Å². The van der Waals surface area contributed by atoms with E-state index in [0.717, 1.165) is 18.8 Å². The van der Waals surface area contributed by atoms with Gasteiger partial charge in [-0.2, -0.15) is 12.6 Å². The van der Waals surface area contributed by atoms with Crippen LogP contribution in [0.1, 0.15) is 57.8 Å². The molecule has 0 aromatic carbocycles. The van der Waals surface area contributed by atoms with Gasteiger partial charge >= 0.3 is 5.97 Å². The smallest absolute Gasteiger partial charge is 0.322 e. The molecule has 0 saturated heterocycles. The summed E-state index contributed by atoms with van der Waals surface area (Å²) in [7, 11) is 0. The number of hydrogen-bond donors (Lipinski definition) is 3. The van der Waals surface area contributed by atoms with Crippen molar-refractivity contribution in [3.05, 3.63) is 0 Å². The lowest BCUT2D eigenvalue weighted by Crippen LogP contribution is -2.32. The first-order valence-electron chi connectivity index (χ1n) is 8.91. The SMILES string of the molecule is O=C(O)CNC(=O)COCCOCCCCCCCCCCCS. The number of aliphatic carboxylic acids is 1. The number of carboxylic acids is 1. The molecule has 0 fully saturated rings. The zero-order valence-electron chi connectivity index (χ0n) is 14.6. The van der Waals surface area contributed by atoms with E-state index in [-0.39, 0.29) is 13.2 Å². The number of carbonyl (C=O) groups is 2. The highest BCUT2D eigenvalue weighted by molar-refractivity contribution is 7.80. The van der Waals surface area contributed by atoms with Crippen LogP contribution in [0.2, 0.25) is 0 Å². The third-order valence-electron chi connectivity index (χ3n) is 3.49. The highest BCUT2D eigenvalue weighted by Crippen LogP contribution is 2.09. The van der Waals surface area contributed by atoms with Crippen molar-refractivity contribution in [3.63, 3.8) is 0 Å². The van der Waals surface area contributed by atoms with E-state index >= 15 is 0 Å². The summed E-state index contributed by atoms with van der Waals surface area (Å²) in [4.78, 5) is 21.4. The van der Waals surface area contributed by atoms with Gasteiger partial charge in [0.15, 0.2) is 0 Å². The van der Waals surface area contributed by atoms with Crippen LogP contribution in [0.15, 0.2) is 0 Å². The van der Waals surface area contributed by atoms with Crippen LogP contribution in [0.25, 0.3) is 0 Å². The fourth-order valence-electron chi connectivity index (χ4n) is 2.16. The molecule has 24 heavy (non-hydrogen) atoms. The predicted octanol–water partition coefficient (Wildman–Crippen LogP) is 2.66. The van der Waals surface area contributed by atoms with Crippen LogP contribution in [0, 0.1) is 0 Å². The van der Waals surface area contributed by atoms with Crippen LogP contribution in [-0.4, -0.2) is 55.7 Å². The van der Waals surface area contributed by atoms with Gasteiger partial charge in [-0.15, -0.1) is 0 Å². The maximum Gasteiger partial charge on any atom is 0.322 e. The molecule has 0 aromatic heterocycles. The number of amides is 1. The molecule has 0 rings (SSSR count). The third kappa shape index (κ3) is 19.3. The Labute approximate surface area is 151 Å². The number of carboxylic acid groups (broad SMARTS) is 1. The topological polar surface area (TPSA) is 84.9 Å². The van der Waals surface area contributed by atoms with Gasteiger partial charge in [0.25, 0.3) is 0 Å². The minimum atomic E-state index is -1.07. The second-order valence-corrected chi connectivity index (χ2v) is 6.19. The zero-order valence-corrected chi connectivity index (χ0v) is 15.5. The molecule has 0 aliphatic carbocycles. The Bertz CT molecular complexity index is 315. The highest BCUT2D eigenvalue weighted by atomic mass is 32.1. The van der Waals surface area contributed by atoms with Crippen LogP contribution in [0.3, 0.4) is 0 Å². The van der Waals surface area contributed by atoms with Crippen molar-refractivity contribution in [1.82, 2.24) is 5.32 Å². The summed E-state index contributed by atoms with van der Waals surface area (Å²) in [5.41, 5.74) is 0. The van der Waals surface area contributed by atoms with Crippen LogP contribution in [0.5, 0.6) is 0 Å². The molecule has 0 unspecified atom stereocenters. The average Bonchev–Trinajstić information content (AvgIpc) is 2.56. The Kier molecular flexibility index (Phi) is 17.9. The zero-order chi connectivity index (χ0) is 17.9. The maximum absolute atomic E-state index is 11.1. The molecule has 2 N–H and O–H groups in total. The van der Waals surface area contributed by atoms with Crippen molar-refractivity contribution < 1.29 is 24.2 Å². The number of hydrogen-bond acceptors (Lipinski definition) is 5. The van der Waals surface area contributed by atoms with Crippen LogP contribution in [0.4, 0.5) is 0 Å². The minimum Gasteiger partial charge on any atom is -0.480 e. The van der Waals surface area contributed by atoms with Crippen molar-refractivity contribution in [3.8, 4) is 0 Å². The first-order chi connectivity index (χ1) is 11.7. The molecule has 0 saturated carbocycles. The Balaban J connectivity index is 3.10. The molecule has 142 valence electrons. The van der Waals surface area contributed by atoms with Gasteiger partial charge in [-0.1, -0.05) is 44.9 Å². The Morgan fingerprint density at radius 1 is 0.792 bits per heavy atom. The lowest BCUT2D eigenvalue weighted by Gasteiger charge is -2.06. The van der Waals surface area contributed by atoms with E-state index in [1.807, 2.05) is 0 Å². The Morgan fingerprint density at radius 3 is 1.92 bits per heavy atom. The molecule has 0 spiro atoms. The van der Waals surface area contributed by atoms with Gasteiger partial charge in [0.2, 0.25) is 5.91 Å². The molecule has 0 bridgehead atoms. The molecular weight excluding hydrogens is 330 g/mol. The summed E-state index contributed by atoms with van der Waals surface area (Å²) < 4.78 is 10.5. The van der Waals surface area contributed by atoms with E-state index in [2.05, 4.69) is 17.9 Å². The standard InChI is InChI=1S/C17H33NO5S/c19-16(18-14-17(20)21)15-23-12-11-22-10-8-6-4-2-1-3-5-7-9-13-24/h24H,1-15H2,(H,18,19)(H,20,21). The van der Waals surface area contributed by atoms with Crippen molar-refractivity contribution in [2.24, 2.45) is 0 Å². The Hall–Kier alpha value is -0.790. The predicted molar refractivity (Wildman–Crippen MR) is 97.7 cm³/mol. The van der Waals surface area contributed by atoms with E-state index in [0.29, 0.717) is 13.2 Å². The number of carbonyl (C=O) groups excluding carboxylic acids is 1. The average molecular weight is 364 g/mol. The maximum atomic E-state index is 11.1. The summed E-state index contributed by atoms with van der Waals surface area (Å²) in [5.74, 6) is -0.494. The molecular formula is C17H33NO5S. The first kappa shape index (κ1) is 23.2. The summed E-state index contributed by atoms with van der Waals surface area (Å²) in [6.45, 7) is 1.000.